The first-order valence-corrected chi connectivity index (χ1v) is 5.56. The maximum absolute atomic E-state index is 5.81. The van der Waals surface area contributed by atoms with E-state index in [1.807, 2.05) is 41.8 Å². The van der Waals surface area contributed by atoms with E-state index in [2.05, 4.69) is 15.0 Å². The summed E-state index contributed by atoms with van der Waals surface area (Å²) in [5.41, 5.74) is 1.96. The van der Waals surface area contributed by atoms with Crippen LogP contribution in [0.3, 0.4) is 0 Å². The number of nitrogens with zero attached hydrogens (tertiary/aromatic N) is 4. The number of hydrogen-bond acceptors (Lipinski definition) is 3. The fraction of sp³-hybridized carbons (Fsp3) is 0.0833. The zero-order chi connectivity index (χ0) is 11.8. The van der Waals surface area contributed by atoms with Crippen LogP contribution >= 0.6 is 11.6 Å². The zero-order valence-corrected chi connectivity index (χ0v) is 9.89. The number of rotatable bonds is 1. The van der Waals surface area contributed by atoms with Crippen molar-refractivity contribution >= 4 is 22.6 Å². The molecule has 0 atom stereocenters. The topological polar surface area (TPSA) is 43.6 Å². The predicted octanol–water partition coefficient (Wildman–Crippen LogP) is 2.78. The summed E-state index contributed by atoms with van der Waals surface area (Å²) in [6, 6.07) is 9.73. The maximum atomic E-state index is 5.81. The van der Waals surface area contributed by atoms with E-state index in [1.54, 1.807) is 6.20 Å². The quantitative estimate of drug-likeness (QED) is 0.618. The van der Waals surface area contributed by atoms with Gasteiger partial charge in [0.05, 0.1) is 11.0 Å². The molecular formula is C12H9ClN4. The van der Waals surface area contributed by atoms with Crippen molar-refractivity contribution in [3.63, 3.8) is 0 Å². The van der Waals surface area contributed by atoms with Gasteiger partial charge in [-0.1, -0.05) is 12.1 Å². The third kappa shape index (κ3) is 1.66. The first-order valence-electron chi connectivity index (χ1n) is 5.19. The molecule has 0 aliphatic rings. The Hall–Kier alpha value is -1.94. The number of aromatic nitrogens is 4. The standard InChI is InChI=1S/C12H9ClN4/c1-8-15-9-4-2-3-5-10(9)17(8)11-6-7-14-12(13)16-11/h2-7H,1H3. The minimum absolute atomic E-state index is 0.236. The summed E-state index contributed by atoms with van der Waals surface area (Å²) < 4.78 is 1.96. The average Bonchev–Trinajstić information content (AvgIpc) is 2.64. The van der Waals surface area contributed by atoms with Crippen LogP contribution in [0.2, 0.25) is 5.28 Å². The van der Waals surface area contributed by atoms with Gasteiger partial charge in [0.15, 0.2) is 0 Å². The van der Waals surface area contributed by atoms with Crippen molar-refractivity contribution in [3.05, 3.63) is 47.6 Å². The molecule has 0 radical (unpaired) electrons. The van der Waals surface area contributed by atoms with E-state index in [4.69, 9.17) is 11.6 Å². The third-order valence-corrected chi connectivity index (χ3v) is 2.75. The molecule has 0 saturated carbocycles. The van der Waals surface area contributed by atoms with Crippen LogP contribution in [0.1, 0.15) is 5.82 Å². The molecule has 0 saturated heterocycles. The molecule has 0 aliphatic carbocycles. The van der Waals surface area contributed by atoms with Gasteiger partial charge in [-0.2, -0.15) is 4.98 Å². The second-order valence-corrected chi connectivity index (χ2v) is 4.01. The summed E-state index contributed by atoms with van der Waals surface area (Å²) >= 11 is 5.81. The second kappa shape index (κ2) is 3.82. The van der Waals surface area contributed by atoms with Crippen molar-refractivity contribution in [2.45, 2.75) is 6.92 Å². The molecule has 2 heterocycles. The van der Waals surface area contributed by atoms with Gasteiger partial charge in [0.1, 0.15) is 11.6 Å². The third-order valence-electron chi connectivity index (χ3n) is 2.57. The first-order chi connectivity index (χ1) is 8.25. The molecule has 4 nitrogen and oxygen atoms in total. The van der Waals surface area contributed by atoms with Gasteiger partial charge in [-0.25, -0.2) is 9.97 Å². The monoisotopic (exact) mass is 244 g/mol. The molecule has 5 heteroatoms. The van der Waals surface area contributed by atoms with Crippen LogP contribution in [0.25, 0.3) is 16.9 Å². The number of hydrogen-bond donors (Lipinski definition) is 0. The molecule has 0 bridgehead atoms. The van der Waals surface area contributed by atoms with Crippen molar-refractivity contribution in [2.24, 2.45) is 0 Å². The maximum Gasteiger partial charge on any atom is 0.224 e. The van der Waals surface area contributed by atoms with Crippen LogP contribution in [0, 0.1) is 6.92 Å². The second-order valence-electron chi connectivity index (χ2n) is 3.67. The molecule has 1 aromatic carbocycles. The van der Waals surface area contributed by atoms with Gasteiger partial charge >= 0.3 is 0 Å². The summed E-state index contributed by atoms with van der Waals surface area (Å²) in [7, 11) is 0. The van der Waals surface area contributed by atoms with Crippen LogP contribution in [0.4, 0.5) is 0 Å². The molecule has 17 heavy (non-hydrogen) atoms. The van der Waals surface area contributed by atoms with E-state index in [0.717, 1.165) is 22.7 Å². The van der Waals surface area contributed by atoms with Gasteiger partial charge < -0.3 is 0 Å². The van der Waals surface area contributed by atoms with Gasteiger partial charge in [0.25, 0.3) is 0 Å². The number of fused-ring (bicyclic) bond motifs is 1. The van der Waals surface area contributed by atoms with E-state index in [1.165, 1.54) is 0 Å². The minimum Gasteiger partial charge on any atom is -0.280 e. The van der Waals surface area contributed by atoms with Gasteiger partial charge in [-0.05, 0) is 36.7 Å². The van der Waals surface area contributed by atoms with Gasteiger partial charge in [0.2, 0.25) is 5.28 Å². The Labute approximate surface area is 103 Å². The van der Waals surface area contributed by atoms with Gasteiger partial charge in [-0.3, -0.25) is 4.57 Å². The molecular weight excluding hydrogens is 236 g/mol. The lowest BCUT2D eigenvalue weighted by molar-refractivity contribution is 0.942. The molecule has 0 aliphatic heterocycles. The summed E-state index contributed by atoms with van der Waals surface area (Å²) in [5.74, 6) is 1.61. The van der Waals surface area contributed by atoms with Crippen molar-refractivity contribution in [2.75, 3.05) is 0 Å². The smallest absolute Gasteiger partial charge is 0.224 e. The Kier molecular flexibility index (Phi) is 2.30. The minimum atomic E-state index is 0.236. The molecule has 2 aromatic heterocycles. The summed E-state index contributed by atoms with van der Waals surface area (Å²) in [6.45, 7) is 1.94. The highest BCUT2D eigenvalue weighted by Crippen LogP contribution is 2.19. The Morgan fingerprint density at radius 1 is 1.12 bits per heavy atom. The molecule has 0 unspecified atom stereocenters. The average molecular weight is 245 g/mol. The number of aryl methyl sites for hydroxylation is 1. The summed E-state index contributed by atoms with van der Waals surface area (Å²) in [5, 5.41) is 0.236. The Morgan fingerprint density at radius 2 is 1.94 bits per heavy atom. The highest BCUT2D eigenvalue weighted by atomic mass is 35.5. The predicted molar refractivity (Wildman–Crippen MR) is 66.4 cm³/mol. The lowest BCUT2D eigenvalue weighted by Gasteiger charge is -2.05. The van der Waals surface area contributed by atoms with Crippen molar-refractivity contribution in [3.8, 4) is 5.82 Å². The van der Waals surface area contributed by atoms with E-state index >= 15 is 0 Å². The highest BCUT2D eigenvalue weighted by molar-refractivity contribution is 6.28. The van der Waals surface area contributed by atoms with Gasteiger partial charge in [-0.15, -0.1) is 0 Å². The SMILES string of the molecule is Cc1nc2ccccc2n1-c1ccnc(Cl)n1. The lowest BCUT2D eigenvalue weighted by atomic mass is 10.3. The van der Waals surface area contributed by atoms with Crippen LogP contribution in [0.5, 0.6) is 0 Å². The van der Waals surface area contributed by atoms with E-state index in [0.29, 0.717) is 0 Å². The number of imidazole rings is 1. The van der Waals surface area contributed by atoms with Crippen LogP contribution in [-0.4, -0.2) is 19.5 Å². The first kappa shape index (κ1) is 10.2. The molecule has 0 spiro atoms. The largest absolute Gasteiger partial charge is 0.280 e. The highest BCUT2D eigenvalue weighted by Gasteiger charge is 2.09. The van der Waals surface area contributed by atoms with Crippen LogP contribution in [0.15, 0.2) is 36.5 Å². The van der Waals surface area contributed by atoms with E-state index in [9.17, 15) is 0 Å². The number of para-hydroxylation sites is 2. The van der Waals surface area contributed by atoms with Crippen molar-refractivity contribution < 1.29 is 0 Å². The Balaban J connectivity index is 2.33. The Bertz CT molecular complexity index is 690. The molecule has 3 aromatic rings. The van der Waals surface area contributed by atoms with Crippen molar-refractivity contribution in [1.82, 2.24) is 19.5 Å². The Morgan fingerprint density at radius 3 is 2.76 bits per heavy atom. The normalized spacial score (nSPS) is 10.9. The van der Waals surface area contributed by atoms with E-state index in [-0.39, 0.29) is 5.28 Å². The molecule has 0 amide bonds. The number of benzene rings is 1. The van der Waals surface area contributed by atoms with Crippen molar-refractivity contribution in [1.29, 1.82) is 0 Å². The van der Waals surface area contributed by atoms with Crippen LogP contribution in [-0.2, 0) is 0 Å². The lowest BCUT2D eigenvalue weighted by Crippen LogP contribution is -2.00. The molecule has 84 valence electrons. The summed E-state index contributed by atoms with van der Waals surface area (Å²) in [4.78, 5) is 12.6. The molecule has 0 fully saturated rings. The number of halogens is 1. The summed E-state index contributed by atoms with van der Waals surface area (Å²) in [6.07, 6.45) is 1.64. The fourth-order valence-corrected chi connectivity index (χ4v) is 2.03. The van der Waals surface area contributed by atoms with Gasteiger partial charge in [0, 0.05) is 6.20 Å². The molecule has 0 N–H and O–H groups in total. The van der Waals surface area contributed by atoms with Crippen LogP contribution < -0.4 is 0 Å². The fourth-order valence-electron chi connectivity index (χ4n) is 1.89. The van der Waals surface area contributed by atoms with E-state index < -0.39 is 0 Å². The zero-order valence-electron chi connectivity index (χ0n) is 9.13. The molecule has 3 rings (SSSR count).